The number of rotatable bonds is 9. The number of primary amides is 1. The second-order valence-corrected chi connectivity index (χ2v) is 9.66. The number of benzene rings is 3. The molecule has 0 radical (unpaired) electrons. The molecule has 0 saturated carbocycles. The molecule has 0 aliphatic carbocycles. The summed E-state index contributed by atoms with van der Waals surface area (Å²) in [5, 5.41) is 49.0. The van der Waals surface area contributed by atoms with Gasteiger partial charge in [-0.1, -0.05) is 0 Å². The Morgan fingerprint density at radius 2 is 1.64 bits per heavy atom. The van der Waals surface area contributed by atoms with E-state index in [1.54, 1.807) is 18.2 Å². The van der Waals surface area contributed by atoms with Gasteiger partial charge < -0.3 is 36.9 Å². The van der Waals surface area contributed by atoms with Gasteiger partial charge in [-0.15, -0.1) is 0 Å². The van der Waals surface area contributed by atoms with Crippen molar-refractivity contribution < 1.29 is 34.8 Å². The maximum absolute atomic E-state index is 12.1. The Labute approximate surface area is 228 Å². The van der Waals surface area contributed by atoms with Gasteiger partial charge in [-0.05, 0) is 69.5 Å². The number of H-pyrrole nitrogens is 1. The number of nitrogens with one attached hydrogen (secondary N) is 2. The average molecular weight is 596 g/mol. The number of aromatic amines is 1. The number of nitrogens with zero attached hydrogens (tertiary/aromatic N) is 1. The molecule has 3 aromatic carbocycles. The molecule has 10 N–H and O–H groups in total. The maximum Gasteiger partial charge on any atom is 0.311 e. The maximum atomic E-state index is 12.1. The predicted octanol–water partition coefficient (Wildman–Crippen LogP) is 3.03. The van der Waals surface area contributed by atoms with Crippen molar-refractivity contribution in [2.75, 3.05) is 0 Å². The van der Waals surface area contributed by atoms with E-state index in [0.29, 0.717) is 22.2 Å². The molecule has 12 nitrogen and oxygen atoms in total. The summed E-state index contributed by atoms with van der Waals surface area (Å²) < 4.78 is 0.184. The lowest BCUT2D eigenvalue weighted by Gasteiger charge is -2.18. The fourth-order valence-corrected chi connectivity index (χ4v) is 4.74. The first-order valence-corrected chi connectivity index (χ1v) is 12.1. The van der Waals surface area contributed by atoms with Gasteiger partial charge in [-0.25, -0.2) is 4.98 Å². The molecule has 0 bridgehead atoms. The van der Waals surface area contributed by atoms with E-state index in [0.717, 1.165) is 0 Å². The molecule has 0 spiro atoms. The van der Waals surface area contributed by atoms with Gasteiger partial charge in [-0.3, -0.25) is 19.8 Å². The molecule has 1 atom stereocenters. The molecule has 0 aliphatic heterocycles. The van der Waals surface area contributed by atoms with E-state index in [2.05, 4.69) is 25.9 Å². The van der Waals surface area contributed by atoms with Gasteiger partial charge in [0.1, 0.15) is 23.2 Å². The van der Waals surface area contributed by atoms with Crippen molar-refractivity contribution in [3.63, 3.8) is 0 Å². The molecule has 4 aromatic rings. The lowest BCUT2D eigenvalue weighted by Crippen LogP contribution is -2.16. The minimum absolute atomic E-state index is 0.0217. The third-order valence-corrected chi connectivity index (χ3v) is 6.66. The van der Waals surface area contributed by atoms with E-state index in [1.807, 2.05) is 0 Å². The lowest BCUT2D eigenvalue weighted by atomic mass is 9.89. The molecule has 0 aliphatic rings. The third-order valence-electron chi connectivity index (χ3n) is 6.05. The highest BCUT2D eigenvalue weighted by molar-refractivity contribution is 9.10. The van der Waals surface area contributed by atoms with Crippen LogP contribution < -0.4 is 11.5 Å². The number of fused-ring (bicyclic) bond motifs is 1. The lowest BCUT2D eigenvalue weighted by molar-refractivity contribution is -0.145. The van der Waals surface area contributed by atoms with Crippen LogP contribution in [-0.4, -0.2) is 54.1 Å². The predicted molar refractivity (Wildman–Crippen MR) is 145 cm³/mol. The SMILES string of the molecule is N=C(N)c1ccc2[nH]c(-c3cc(C(CC(=O)O)C(=O)O)cc(-c4cc(CC(N)=O)cc(Br)c4O)c3O)nc2c1. The minimum atomic E-state index is -1.51. The van der Waals surface area contributed by atoms with Crippen molar-refractivity contribution in [1.29, 1.82) is 5.41 Å². The molecule has 13 heteroatoms. The summed E-state index contributed by atoms with van der Waals surface area (Å²) >= 11 is 3.22. The molecule has 1 unspecified atom stereocenters. The number of aromatic nitrogens is 2. The number of imidazole rings is 1. The van der Waals surface area contributed by atoms with Gasteiger partial charge in [0, 0.05) is 16.7 Å². The highest BCUT2D eigenvalue weighted by Gasteiger charge is 2.28. The quantitative estimate of drug-likeness (QED) is 0.105. The summed E-state index contributed by atoms with van der Waals surface area (Å²) in [6, 6.07) is 10.3. The zero-order valence-corrected chi connectivity index (χ0v) is 21.6. The normalized spacial score (nSPS) is 11.8. The summed E-state index contributed by atoms with van der Waals surface area (Å²) in [4.78, 5) is 42.5. The van der Waals surface area contributed by atoms with Crippen molar-refractivity contribution in [3.8, 4) is 34.0 Å². The van der Waals surface area contributed by atoms with Crippen molar-refractivity contribution in [1.82, 2.24) is 9.97 Å². The number of hydrogen-bond donors (Lipinski definition) is 8. The number of carboxylic acids is 2. The van der Waals surface area contributed by atoms with E-state index in [9.17, 15) is 34.8 Å². The largest absolute Gasteiger partial charge is 0.507 e. The van der Waals surface area contributed by atoms with Crippen LogP contribution in [0.25, 0.3) is 33.5 Å². The molecule has 4 rings (SSSR count). The Hall–Kier alpha value is -4.91. The van der Waals surface area contributed by atoms with E-state index in [1.165, 1.54) is 24.3 Å². The first kappa shape index (κ1) is 27.1. The summed E-state index contributed by atoms with van der Waals surface area (Å²) in [6.45, 7) is 0. The number of halogens is 1. The van der Waals surface area contributed by atoms with Crippen LogP contribution in [0, 0.1) is 5.41 Å². The molecule has 39 heavy (non-hydrogen) atoms. The van der Waals surface area contributed by atoms with Gasteiger partial charge in [0.15, 0.2) is 0 Å². The van der Waals surface area contributed by atoms with Gasteiger partial charge in [0.2, 0.25) is 5.91 Å². The standard InChI is InChI=1S/C26H22BrN5O7/c27-17-4-10(5-20(28)33)3-14(23(17)37)15-6-12(13(26(38)39)9-21(34)35)7-16(22(15)36)25-31-18-2-1-11(24(29)30)8-19(18)32-25/h1-4,6-8,13,36-37H,5,9H2,(H2,28,33)(H3,29,30)(H,31,32)(H,34,35)(H,38,39). The Balaban J connectivity index is 2.02. The third kappa shape index (κ3) is 5.52. The minimum Gasteiger partial charge on any atom is -0.507 e. The number of amidine groups is 1. The molecule has 0 saturated heterocycles. The van der Waals surface area contributed by atoms with Crippen LogP contribution >= 0.6 is 15.9 Å². The van der Waals surface area contributed by atoms with Crippen molar-refractivity contribution in [3.05, 3.63) is 63.6 Å². The zero-order valence-electron chi connectivity index (χ0n) is 20.0. The fraction of sp³-hybridized carbons (Fsp3) is 0.115. The van der Waals surface area contributed by atoms with Gasteiger partial charge in [0.25, 0.3) is 0 Å². The Morgan fingerprint density at radius 1 is 0.974 bits per heavy atom. The van der Waals surface area contributed by atoms with Crippen molar-refractivity contribution >= 4 is 50.6 Å². The number of phenolic OH excluding ortho intramolecular Hbond substituents is 2. The molecule has 0 fully saturated rings. The first-order chi connectivity index (χ1) is 18.3. The number of hydrogen-bond acceptors (Lipinski definition) is 7. The monoisotopic (exact) mass is 595 g/mol. The van der Waals surface area contributed by atoms with Gasteiger partial charge >= 0.3 is 11.9 Å². The average Bonchev–Trinajstić information content (AvgIpc) is 3.27. The molecular weight excluding hydrogens is 574 g/mol. The summed E-state index contributed by atoms with van der Waals surface area (Å²) in [7, 11) is 0. The molecule has 1 heterocycles. The number of aliphatic carboxylic acids is 2. The summed E-state index contributed by atoms with van der Waals surface area (Å²) in [5.74, 6) is -5.70. The van der Waals surface area contributed by atoms with Crippen LogP contribution in [0.2, 0.25) is 0 Å². The van der Waals surface area contributed by atoms with E-state index in [4.69, 9.17) is 16.9 Å². The van der Waals surface area contributed by atoms with Crippen LogP contribution in [-0.2, 0) is 20.8 Å². The number of aromatic hydroxyl groups is 2. The zero-order chi connectivity index (χ0) is 28.6. The molecule has 1 aromatic heterocycles. The number of carbonyl (C=O) groups excluding carboxylic acids is 1. The summed E-state index contributed by atoms with van der Waals surface area (Å²) in [5.41, 5.74) is 12.7. The number of carbonyl (C=O) groups is 3. The Morgan fingerprint density at radius 3 is 2.26 bits per heavy atom. The van der Waals surface area contributed by atoms with Gasteiger partial charge in [0.05, 0.1) is 39.8 Å². The van der Waals surface area contributed by atoms with Crippen molar-refractivity contribution in [2.24, 2.45) is 11.5 Å². The van der Waals surface area contributed by atoms with Gasteiger partial charge in [-0.2, -0.15) is 0 Å². The Bertz CT molecular complexity index is 1680. The van der Waals surface area contributed by atoms with E-state index >= 15 is 0 Å². The van der Waals surface area contributed by atoms with E-state index in [-0.39, 0.29) is 50.6 Å². The van der Waals surface area contributed by atoms with Crippen LogP contribution in [0.5, 0.6) is 11.5 Å². The summed E-state index contributed by atoms with van der Waals surface area (Å²) in [6.07, 6.45) is -0.934. The first-order valence-electron chi connectivity index (χ1n) is 11.3. The topological polar surface area (TPSA) is 237 Å². The van der Waals surface area contributed by atoms with Crippen molar-refractivity contribution in [2.45, 2.75) is 18.8 Å². The van der Waals surface area contributed by atoms with Crippen LogP contribution in [0.3, 0.4) is 0 Å². The molecule has 200 valence electrons. The number of phenols is 2. The highest BCUT2D eigenvalue weighted by Crippen LogP contribution is 2.46. The van der Waals surface area contributed by atoms with E-state index < -0.39 is 35.9 Å². The second-order valence-electron chi connectivity index (χ2n) is 8.80. The number of carboxylic acid groups (broad SMARTS) is 2. The number of amides is 1. The number of nitrogen functional groups attached to an aromatic ring is 1. The second kappa shape index (κ2) is 10.5. The van der Waals surface area contributed by atoms with Crippen LogP contribution in [0.1, 0.15) is 29.0 Å². The van der Waals surface area contributed by atoms with Crippen LogP contribution in [0.15, 0.2) is 46.9 Å². The highest BCUT2D eigenvalue weighted by atomic mass is 79.9. The molecule has 1 amide bonds. The molecular formula is C26H22BrN5O7. The fourth-order valence-electron chi connectivity index (χ4n) is 4.23. The number of nitrogens with two attached hydrogens (primary N) is 2. The smallest absolute Gasteiger partial charge is 0.311 e. The Kier molecular flexibility index (Phi) is 7.27. The van der Waals surface area contributed by atoms with Crippen LogP contribution in [0.4, 0.5) is 0 Å².